The number of ether oxygens (including phenoxy) is 4. The number of rotatable bonds is 4. The molecule has 6 heteroatoms. The van der Waals surface area contributed by atoms with E-state index in [1.54, 1.807) is 26.4 Å². The fourth-order valence-corrected chi connectivity index (χ4v) is 4.09. The fourth-order valence-electron chi connectivity index (χ4n) is 4.09. The second kappa shape index (κ2) is 8.64. The zero-order valence-electron chi connectivity index (χ0n) is 17.0. The summed E-state index contributed by atoms with van der Waals surface area (Å²) in [6.07, 6.45) is 4.17. The molecule has 0 saturated carbocycles. The van der Waals surface area contributed by atoms with Crippen LogP contribution < -0.4 is 18.9 Å². The van der Waals surface area contributed by atoms with Gasteiger partial charge in [0, 0.05) is 12.1 Å². The number of benzene rings is 2. The van der Waals surface area contributed by atoms with Crippen LogP contribution >= 0.6 is 0 Å². The summed E-state index contributed by atoms with van der Waals surface area (Å²) in [6.45, 7) is 1.67. The lowest BCUT2D eigenvalue weighted by Crippen LogP contribution is -2.35. The van der Waals surface area contributed by atoms with Crippen molar-refractivity contribution in [3.63, 3.8) is 0 Å². The highest BCUT2D eigenvalue weighted by atomic mass is 16.6. The van der Waals surface area contributed by atoms with Crippen molar-refractivity contribution in [1.82, 2.24) is 4.90 Å². The summed E-state index contributed by atoms with van der Waals surface area (Å²) in [5, 5.41) is 0. The number of likely N-dealkylation sites (tertiary alicyclic amines) is 1. The summed E-state index contributed by atoms with van der Waals surface area (Å²) in [5.74, 6) is 2.47. The molecular formula is C23H27NO5. The van der Waals surface area contributed by atoms with Gasteiger partial charge in [0.25, 0.3) is 5.91 Å². The van der Waals surface area contributed by atoms with Crippen molar-refractivity contribution in [2.24, 2.45) is 0 Å². The summed E-state index contributed by atoms with van der Waals surface area (Å²) in [6, 6.07) is 11.6. The third-order valence-electron chi connectivity index (χ3n) is 5.59. The molecule has 0 spiro atoms. The van der Waals surface area contributed by atoms with Gasteiger partial charge in [0.05, 0.1) is 20.3 Å². The van der Waals surface area contributed by atoms with Gasteiger partial charge in [0.1, 0.15) is 19.0 Å². The van der Waals surface area contributed by atoms with E-state index in [4.69, 9.17) is 18.9 Å². The zero-order chi connectivity index (χ0) is 20.2. The maximum Gasteiger partial charge on any atom is 0.254 e. The smallest absolute Gasteiger partial charge is 0.254 e. The molecule has 1 saturated heterocycles. The van der Waals surface area contributed by atoms with Crippen LogP contribution in [0.15, 0.2) is 36.4 Å². The second-order valence-electron chi connectivity index (χ2n) is 7.34. The monoisotopic (exact) mass is 397 g/mol. The third-order valence-corrected chi connectivity index (χ3v) is 5.59. The topological polar surface area (TPSA) is 57.2 Å². The van der Waals surface area contributed by atoms with E-state index in [1.807, 2.05) is 17.0 Å². The van der Waals surface area contributed by atoms with Crippen molar-refractivity contribution in [2.45, 2.75) is 31.7 Å². The molecule has 0 radical (unpaired) electrons. The van der Waals surface area contributed by atoms with Crippen molar-refractivity contribution in [1.29, 1.82) is 0 Å². The molecule has 2 aliphatic rings. The molecule has 1 fully saturated rings. The van der Waals surface area contributed by atoms with E-state index < -0.39 is 0 Å². The molecule has 0 bridgehead atoms. The Morgan fingerprint density at radius 3 is 2.55 bits per heavy atom. The average molecular weight is 397 g/mol. The van der Waals surface area contributed by atoms with Crippen LogP contribution in [0.1, 0.15) is 47.6 Å². The molecule has 6 nitrogen and oxygen atoms in total. The van der Waals surface area contributed by atoms with E-state index in [-0.39, 0.29) is 11.9 Å². The lowest BCUT2D eigenvalue weighted by atomic mass is 9.99. The minimum Gasteiger partial charge on any atom is -0.497 e. The first-order valence-electron chi connectivity index (χ1n) is 10.1. The van der Waals surface area contributed by atoms with E-state index in [9.17, 15) is 4.79 Å². The fraction of sp³-hybridized carbons (Fsp3) is 0.435. The Labute approximate surface area is 171 Å². The Morgan fingerprint density at radius 2 is 1.79 bits per heavy atom. The first kappa shape index (κ1) is 19.4. The van der Waals surface area contributed by atoms with Crippen LogP contribution in [0, 0.1) is 0 Å². The summed E-state index contributed by atoms with van der Waals surface area (Å²) < 4.78 is 22.1. The van der Waals surface area contributed by atoms with E-state index in [1.165, 1.54) is 0 Å². The van der Waals surface area contributed by atoms with Crippen LogP contribution in [-0.4, -0.2) is 44.8 Å². The van der Waals surface area contributed by atoms with Crippen LogP contribution in [0.5, 0.6) is 23.0 Å². The lowest BCUT2D eigenvalue weighted by molar-refractivity contribution is 0.0679. The number of fused-ring (bicyclic) bond motifs is 1. The first-order valence-corrected chi connectivity index (χ1v) is 10.1. The predicted molar refractivity (Wildman–Crippen MR) is 109 cm³/mol. The van der Waals surface area contributed by atoms with Crippen molar-refractivity contribution in [3.05, 3.63) is 47.5 Å². The maximum absolute atomic E-state index is 13.6. The van der Waals surface area contributed by atoms with Gasteiger partial charge in [-0.15, -0.1) is 0 Å². The first-order chi connectivity index (χ1) is 14.2. The number of amides is 1. The van der Waals surface area contributed by atoms with Crippen molar-refractivity contribution in [3.8, 4) is 23.0 Å². The number of nitrogens with zero attached hydrogens (tertiary/aromatic N) is 1. The quantitative estimate of drug-likeness (QED) is 0.773. The highest BCUT2D eigenvalue weighted by molar-refractivity contribution is 5.96. The molecule has 1 atom stereocenters. The molecule has 1 amide bonds. The number of carbonyl (C=O) groups excluding carboxylic acids is 1. The van der Waals surface area contributed by atoms with E-state index >= 15 is 0 Å². The Morgan fingerprint density at radius 1 is 1.00 bits per heavy atom. The predicted octanol–water partition coefficient (Wildman–Crippen LogP) is 4.23. The Bertz CT molecular complexity index is 847. The van der Waals surface area contributed by atoms with Crippen molar-refractivity contribution < 1.29 is 23.7 Å². The van der Waals surface area contributed by atoms with E-state index in [2.05, 4.69) is 12.1 Å². The summed E-state index contributed by atoms with van der Waals surface area (Å²) in [4.78, 5) is 15.5. The van der Waals surface area contributed by atoms with Crippen LogP contribution in [0.25, 0.3) is 0 Å². The van der Waals surface area contributed by atoms with Crippen molar-refractivity contribution in [2.75, 3.05) is 34.0 Å². The van der Waals surface area contributed by atoms with Crippen LogP contribution in [0.4, 0.5) is 0 Å². The number of hydrogen-bond donors (Lipinski definition) is 0. The lowest BCUT2D eigenvalue weighted by Gasteiger charge is -2.31. The largest absolute Gasteiger partial charge is 0.497 e. The molecule has 154 valence electrons. The van der Waals surface area contributed by atoms with Gasteiger partial charge >= 0.3 is 0 Å². The highest BCUT2D eigenvalue weighted by Crippen LogP contribution is 2.41. The summed E-state index contributed by atoms with van der Waals surface area (Å²) in [7, 11) is 3.24. The zero-order valence-corrected chi connectivity index (χ0v) is 17.0. The van der Waals surface area contributed by atoms with Gasteiger partial charge in [0.2, 0.25) is 5.75 Å². The number of hydrogen-bond acceptors (Lipinski definition) is 5. The van der Waals surface area contributed by atoms with Gasteiger partial charge in [-0.2, -0.15) is 0 Å². The van der Waals surface area contributed by atoms with Gasteiger partial charge in [-0.05, 0) is 42.7 Å². The van der Waals surface area contributed by atoms with Crippen LogP contribution in [0.2, 0.25) is 0 Å². The highest BCUT2D eigenvalue weighted by Gasteiger charge is 2.29. The molecule has 0 N–H and O–H groups in total. The summed E-state index contributed by atoms with van der Waals surface area (Å²) in [5.41, 5.74) is 1.69. The van der Waals surface area contributed by atoms with Gasteiger partial charge in [-0.1, -0.05) is 25.0 Å². The minimum atomic E-state index is -0.0111. The molecule has 29 heavy (non-hydrogen) atoms. The molecule has 2 heterocycles. The van der Waals surface area contributed by atoms with E-state index in [0.717, 1.165) is 43.5 Å². The van der Waals surface area contributed by atoms with E-state index in [0.29, 0.717) is 36.0 Å². The molecule has 2 aliphatic heterocycles. The van der Waals surface area contributed by atoms with Gasteiger partial charge in [0.15, 0.2) is 11.5 Å². The third kappa shape index (κ3) is 3.97. The van der Waals surface area contributed by atoms with Gasteiger partial charge in [-0.3, -0.25) is 4.79 Å². The molecule has 2 aromatic carbocycles. The molecule has 2 aromatic rings. The molecular weight excluding hydrogens is 370 g/mol. The Hall–Kier alpha value is -2.89. The molecule has 0 aliphatic carbocycles. The minimum absolute atomic E-state index is 0.0111. The molecule has 1 unspecified atom stereocenters. The van der Waals surface area contributed by atoms with Crippen molar-refractivity contribution >= 4 is 5.91 Å². The standard InChI is InChI=1S/C23H27NO5/c1-26-18-9-7-16(8-10-18)19-6-4-3-5-11-24(19)23(25)17-14-20(27-2)22-21(15-17)28-12-13-29-22/h7-10,14-15,19H,3-6,11-13H2,1-2H3. The van der Waals surface area contributed by atoms with Gasteiger partial charge < -0.3 is 23.8 Å². The maximum atomic E-state index is 13.6. The number of carbonyl (C=O) groups is 1. The normalized spacial score (nSPS) is 18.7. The SMILES string of the molecule is COc1ccc(C2CCCCCN2C(=O)c2cc(OC)c3c(c2)OCCO3)cc1. The molecule has 0 aromatic heterocycles. The second-order valence-corrected chi connectivity index (χ2v) is 7.34. The Balaban J connectivity index is 1.67. The average Bonchev–Trinajstić information content (AvgIpc) is 3.04. The Kier molecular flexibility index (Phi) is 5.79. The summed E-state index contributed by atoms with van der Waals surface area (Å²) >= 11 is 0. The number of methoxy groups -OCH3 is 2. The molecule has 4 rings (SSSR count). The van der Waals surface area contributed by atoms with Crippen LogP contribution in [0.3, 0.4) is 0 Å². The van der Waals surface area contributed by atoms with Gasteiger partial charge in [-0.25, -0.2) is 0 Å². The van der Waals surface area contributed by atoms with Crippen LogP contribution in [-0.2, 0) is 0 Å².